The van der Waals surface area contributed by atoms with Crippen molar-refractivity contribution in [3.8, 4) is 0 Å². The molecule has 0 bridgehead atoms. The van der Waals surface area contributed by atoms with Gasteiger partial charge in [0, 0.05) is 16.6 Å². The molecular weight excluding hydrogens is 364 g/mol. The molecule has 1 saturated heterocycles. The van der Waals surface area contributed by atoms with E-state index < -0.39 is 0 Å². The summed E-state index contributed by atoms with van der Waals surface area (Å²) in [6.45, 7) is 6.47. The number of halogens is 2. The van der Waals surface area contributed by atoms with E-state index in [0.29, 0.717) is 18.3 Å². The number of hydrogen-bond acceptors (Lipinski definition) is 2. The van der Waals surface area contributed by atoms with Gasteiger partial charge >= 0.3 is 0 Å². The van der Waals surface area contributed by atoms with Crippen LogP contribution in [0, 0.1) is 11.8 Å². The second kappa shape index (κ2) is 9.53. The van der Waals surface area contributed by atoms with Gasteiger partial charge < -0.3 is 10.6 Å². The fourth-order valence-electron chi connectivity index (χ4n) is 3.00. The van der Waals surface area contributed by atoms with Gasteiger partial charge in [-0.1, -0.05) is 29.8 Å². The first-order valence-electron chi connectivity index (χ1n) is 7.89. The zero-order valence-electron chi connectivity index (χ0n) is 13.3. The van der Waals surface area contributed by atoms with E-state index in [1.54, 1.807) is 0 Å². The Balaban J connectivity index is 0.00000242. The number of benzene rings is 1. The zero-order valence-corrected chi connectivity index (χ0v) is 15.7. The van der Waals surface area contributed by atoms with Crippen molar-refractivity contribution in [1.82, 2.24) is 5.32 Å². The molecule has 0 radical (unpaired) electrons. The third-order valence-electron chi connectivity index (χ3n) is 4.37. The summed E-state index contributed by atoms with van der Waals surface area (Å²) in [6.07, 6.45) is 3.98. The normalized spacial score (nSPS) is 19.1. The number of carbonyl (C=O) groups is 1. The summed E-state index contributed by atoms with van der Waals surface area (Å²) >= 11 is 3.48. The van der Waals surface area contributed by atoms with Gasteiger partial charge in [0.05, 0.1) is 0 Å². The number of amides is 1. The molecule has 2 atom stereocenters. The molecule has 2 N–H and O–H groups in total. The van der Waals surface area contributed by atoms with Crippen LogP contribution in [0.2, 0.25) is 0 Å². The number of hydrogen-bond donors (Lipinski definition) is 2. The first-order chi connectivity index (χ1) is 10.1. The lowest BCUT2D eigenvalue weighted by atomic mass is 9.85. The predicted octanol–water partition coefficient (Wildman–Crippen LogP) is 4.40. The molecule has 3 nitrogen and oxygen atoms in total. The maximum absolute atomic E-state index is 12.3. The standard InChI is InChI=1S/C17H25BrN2O.ClH/c1-3-13-10-15(18)6-7-16(13)20-17(21)9-12(2)14-5-4-8-19-11-14;/h6-7,10,12,14,19H,3-5,8-9,11H2,1-2H3,(H,20,21);1H. The first-order valence-corrected chi connectivity index (χ1v) is 8.68. The molecule has 1 amide bonds. The van der Waals surface area contributed by atoms with Crippen molar-refractivity contribution in [3.05, 3.63) is 28.2 Å². The highest BCUT2D eigenvalue weighted by molar-refractivity contribution is 9.10. The van der Waals surface area contributed by atoms with E-state index in [2.05, 4.69) is 46.5 Å². The molecule has 0 spiro atoms. The minimum Gasteiger partial charge on any atom is -0.326 e. The second-order valence-electron chi connectivity index (χ2n) is 5.99. The summed E-state index contributed by atoms with van der Waals surface area (Å²) in [6, 6.07) is 6.03. The summed E-state index contributed by atoms with van der Waals surface area (Å²) in [5.74, 6) is 1.18. The fourth-order valence-corrected chi connectivity index (χ4v) is 3.41. The lowest BCUT2D eigenvalue weighted by Crippen LogP contribution is -2.34. The molecule has 5 heteroatoms. The van der Waals surface area contributed by atoms with Crippen molar-refractivity contribution >= 4 is 39.9 Å². The molecule has 124 valence electrons. The highest BCUT2D eigenvalue weighted by atomic mass is 79.9. The van der Waals surface area contributed by atoms with Crippen molar-refractivity contribution in [2.24, 2.45) is 11.8 Å². The molecule has 1 aliphatic rings. The average molecular weight is 390 g/mol. The zero-order chi connectivity index (χ0) is 15.2. The van der Waals surface area contributed by atoms with Gasteiger partial charge in [-0.15, -0.1) is 12.4 Å². The fraction of sp³-hybridized carbons (Fsp3) is 0.588. The third kappa shape index (κ3) is 5.56. The van der Waals surface area contributed by atoms with E-state index in [-0.39, 0.29) is 18.3 Å². The van der Waals surface area contributed by atoms with E-state index in [9.17, 15) is 4.79 Å². The molecule has 22 heavy (non-hydrogen) atoms. The summed E-state index contributed by atoms with van der Waals surface area (Å²) < 4.78 is 1.05. The molecule has 0 aliphatic carbocycles. The second-order valence-corrected chi connectivity index (χ2v) is 6.91. The van der Waals surface area contributed by atoms with Crippen LogP contribution in [-0.2, 0) is 11.2 Å². The van der Waals surface area contributed by atoms with Crippen LogP contribution in [0.5, 0.6) is 0 Å². The number of rotatable bonds is 5. The highest BCUT2D eigenvalue weighted by Gasteiger charge is 2.22. The first kappa shape index (κ1) is 19.5. The van der Waals surface area contributed by atoms with Gasteiger partial charge in [0.2, 0.25) is 5.91 Å². The number of carbonyl (C=O) groups excluding carboxylic acids is 1. The van der Waals surface area contributed by atoms with Gasteiger partial charge in [0.25, 0.3) is 0 Å². The quantitative estimate of drug-likeness (QED) is 0.783. The monoisotopic (exact) mass is 388 g/mol. The van der Waals surface area contributed by atoms with Crippen LogP contribution in [0.25, 0.3) is 0 Å². The molecule has 1 aromatic carbocycles. The van der Waals surface area contributed by atoms with Crippen LogP contribution in [0.1, 0.15) is 38.7 Å². The summed E-state index contributed by atoms with van der Waals surface area (Å²) in [5.41, 5.74) is 2.12. The Hall–Kier alpha value is -0.580. The van der Waals surface area contributed by atoms with Gasteiger partial charge in [-0.25, -0.2) is 0 Å². The molecule has 2 unspecified atom stereocenters. The summed E-state index contributed by atoms with van der Waals surface area (Å²) in [4.78, 5) is 12.3. The number of anilines is 1. The average Bonchev–Trinajstić information content (AvgIpc) is 2.49. The lowest BCUT2D eigenvalue weighted by molar-refractivity contribution is -0.117. The van der Waals surface area contributed by atoms with Gasteiger partial charge in [0.1, 0.15) is 0 Å². The van der Waals surface area contributed by atoms with Crippen LogP contribution >= 0.6 is 28.3 Å². The summed E-state index contributed by atoms with van der Waals surface area (Å²) in [5, 5.41) is 6.50. The molecule has 0 saturated carbocycles. The van der Waals surface area contributed by atoms with Gasteiger partial charge in [0.15, 0.2) is 0 Å². The van der Waals surface area contributed by atoms with Crippen LogP contribution in [-0.4, -0.2) is 19.0 Å². The Bertz CT molecular complexity index is 490. The molecular formula is C17H26BrClN2O. The minimum absolute atomic E-state index is 0. The Morgan fingerprint density at radius 3 is 2.91 bits per heavy atom. The van der Waals surface area contributed by atoms with Crippen LogP contribution in [0.4, 0.5) is 5.69 Å². The van der Waals surface area contributed by atoms with Crippen LogP contribution in [0.15, 0.2) is 22.7 Å². The van der Waals surface area contributed by atoms with E-state index in [0.717, 1.165) is 29.7 Å². The topological polar surface area (TPSA) is 41.1 Å². The maximum atomic E-state index is 12.3. The molecule has 1 fully saturated rings. The largest absolute Gasteiger partial charge is 0.326 e. The molecule has 1 aromatic rings. The maximum Gasteiger partial charge on any atom is 0.224 e. The van der Waals surface area contributed by atoms with E-state index in [4.69, 9.17) is 0 Å². The Morgan fingerprint density at radius 1 is 1.50 bits per heavy atom. The SMILES string of the molecule is CCc1cc(Br)ccc1NC(=O)CC(C)C1CCCNC1.Cl. The number of aryl methyl sites for hydroxylation is 1. The van der Waals surface area contributed by atoms with Crippen molar-refractivity contribution in [2.75, 3.05) is 18.4 Å². The predicted molar refractivity (Wildman–Crippen MR) is 98.8 cm³/mol. The van der Waals surface area contributed by atoms with E-state index in [1.165, 1.54) is 18.4 Å². The third-order valence-corrected chi connectivity index (χ3v) is 4.86. The smallest absolute Gasteiger partial charge is 0.224 e. The Kier molecular flexibility index (Phi) is 8.44. The summed E-state index contributed by atoms with van der Waals surface area (Å²) in [7, 11) is 0. The number of nitrogens with one attached hydrogen (secondary N) is 2. The van der Waals surface area contributed by atoms with E-state index >= 15 is 0 Å². The van der Waals surface area contributed by atoms with Crippen molar-refractivity contribution in [3.63, 3.8) is 0 Å². The highest BCUT2D eigenvalue weighted by Crippen LogP contribution is 2.25. The van der Waals surface area contributed by atoms with Crippen molar-refractivity contribution < 1.29 is 4.79 Å². The van der Waals surface area contributed by atoms with E-state index in [1.807, 2.05) is 12.1 Å². The van der Waals surface area contributed by atoms with Crippen LogP contribution in [0.3, 0.4) is 0 Å². The van der Waals surface area contributed by atoms with Crippen molar-refractivity contribution in [2.45, 2.75) is 39.5 Å². The molecule has 2 rings (SSSR count). The Morgan fingerprint density at radius 2 is 2.27 bits per heavy atom. The van der Waals surface area contributed by atoms with Gasteiger partial charge in [-0.05, 0) is 68.0 Å². The molecule has 1 aliphatic heterocycles. The molecule has 1 heterocycles. The minimum atomic E-state index is 0. The van der Waals surface area contributed by atoms with Gasteiger partial charge in [-0.3, -0.25) is 4.79 Å². The molecule has 0 aromatic heterocycles. The van der Waals surface area contributed by atoms with Crippen LogP contribution < -0.4 is 10.6 Å². The van der Waals surface area contributed by atoms with Gasteiger partial charge in [-0.2, -0.15) is 0 Å². The number of piperidine rings is 1. The Labute approximate surface area is 148 Å². The van der Waals surface area contributed by atoms with Crippen molar-refractivity contribution in [1.29, 1.82) is 0 Å². The lowest BCUT2D eigenvalue weighted by Gasteiger charge is -2.28.